The summed E-state index contributed by atoms with van der Waals surface area (Å²) in [6.07, 6.45) is 0.672. The minimum atomic E-state index is -0.979. The first-order valence-corrected chi connectivity index (χ1v) is 7.40. The van der Waals surface area contributed by atoms with Gasteiger partial charge in [0.15, 0.2) is 0 Å². The molecule has 1 aromatic rings. The Hall–Kier alpha value is -1.20. The Morgan fingerprint density at radius 3 is 2.60 bits per heavy atom. The summed E-state index contributed by atoms with van der Waals surface area (Å²) in [7, 11) is 0. The standard InChI is InChI=1S/C14H16ClNO3S/c15-11-3-1-9(2-4-11)5-12(14(18)19)16-7-10(8-20)6-13(16)17/h1-4,10,12,20H,5-8H2,(H,18,19). The van der Waals surface area contributed by atoms with E-state index in [1.54, 1.807) is 24.3 Å². The number of thiol groups is 1. The Morgan fingerprint density at radius 1 is 1.45 bits per heavy atom. The van der Waals surface area contributed by atoms with Crippen LogP contribution in [0.25, 0.3) is 0 Å². The number of amides is 1. The van der Waals surface area contributed by atoms with E-state index < -0.39 is 12.0 Å². The van der Waals surface area contributed by atoms with Crippen molar-refractivity contribution in [3.05, 3.63) is 34.9 Å². The Morgan fingerprint density at radius 2 is 2.10 bits per heavy atom. The number of hydrogen-bond acceptors (Lipinski definition) is 3. The molecule has 0 saturated carbocycles. The van der Waals surface area contributed by atoms with Crippen molar-refractivity contribution in [1.29, 1.82) is 0 Å². The Kier molecular flexibility index (Phi) is 4.94. The van der Waals surface area contributed by atoms with Gasteiger partial charge in [0.2, 0.25) is 5.91 Å². The molecule has 6 heteroatoms. The molecule has 2 rings (SSSR count). The molecule has 1 fully saturated rings. The summed E-state index contributed by atoms with van der Waals surface area (Å²) >= 11 is 10.00. The number of nitrogens with zero attached hydrogens (tertiary/aromatic N) is 1. The van der Waals surface area contributed by atoms with Crippen LogP contribution in [0.3, 0.4) is 0 Å². The number of carbonyl (C=O) groups is 2. The minimum Gasteiger partial charge on any atom is -0.480 e. The fourth-order valence-electron chi connectivity index (χ4n) is 2.41. The van der Waals surface area contributed by atoms with Gasteiger partial charge in [-0.1, -0.05) is 23.7 Å². The lowest BCUT2D eigenvalue weighted by Gasteiger charge is -2.24. The highest BCUT2D eigenvalue weighted by Gasteiger charge is 2.37. The van der Waals surface area contributed by atoms with Gasteiger partial charge in [0, 0.05) is 24.4 Å². The quantitative estimate of drug-likeness (QED) is 0.819. The third-order valence-corrected chi connectivity index (χ3v) is 4.27. The first kappa shape index (κ1) is 15.2. The maximum absolute atomic E-state index is 11.9. The molecule has 0 aliphatic carbocycles. The van der Waals surface area contributed by atoms with Crippen molar-refractivity contribution in [3.8, 4) is 0 Å². The second-order valence-electron chi connectivity index (χ2n) is 4.98. The zero-order chi connectivity index (χ0) is 14.7. The van der Waals surface area contributed by atoms with Crippen LogP contribution in [-0.2, 0) is 16.0 Å². The molecule has 1 aliphatic heterocycles. The summed E-state index contributed by atoms with van der Waals surface area (Å²) in [5.41, 5.74) is 0.851. The van der Waals surface area contributed by atoms with Crippen molar-refractivity contribution in [3.63, 3.8) is 0 Å². The summed E-state index contributed by atoms with van der Waals surface area (Å²) in [5.74, 6) is -0.355. The number of aliphatic carboxylic acids is 1. The number of benzene rings is 1. The highest BCUT2D eigenvalue weighted by Crippen LogP contribution is 2.23. The third-order valence-electron chi connectivity index (χ3n) is 3.50. The molecule has 2 unspecified atom stereocenters. The topological polar surface area (TPSA) is 57.6 Å². The van der Waals surface area contributed by atoms with Gasteiger partial charge < -0.3 is 10.0 Å². The van der Waals surface area contributed by atoms with Gasteiger partial charge in [-0.2, -0.15) is 12.6 Å². The zero-order valence-electron chi connectivity index (χ0n) is 10.8. The van der Waals surface area contributed by atoms with Crippen LogP contribution in [-0.4, -0.2) is 40.2 Å². The molecule has 1 amide bonds. The van der Waals surface area contributed by atoms with Crippen LogP contribution < -0.4 is 0 Å². The van der Waals surface area contributed by atoms with Crippen LogP contribution in [0.5, 0.6) is 0 Å². The maximum Gasteiger partial charge on any atom is 0.326 e. The Labute approximate surface area is 128 Å². The molecule has 1 aliphatic rings. The Bertz CT molecular complexity index is 506. The summed E-state index contributed by atoms with van der Waals surface area (Å²) in [5, 5.41) is 9.99. The van der Waals surface area contributed by atoms with Gasteiger partial charge in [-0.05, 0) is 29.4 Å². The van der Waals surface area contributed by atoms with Crippen LogP contribution >= 0.6 is 24.2 Å². The fraction of sp³-hybridized carbons (Fsp3) is 0.429. The van der Waals surface area contributed by atoms with E-state index in [0.29, 0.717) is 23.7 Å². The first-order chi connectivity index (χ1) is 9.51. The zero-order valence-corrected chi connectivity index (χ0v) is 12.5. The average Bonchev–Trinajstić information content (AvgIpc) is 2.79. The van der Waals surface area contributed by atoms with Gasteiger partial charge in [0.25, 0.3) is 0 Å². The number of rotatable bonds is 5. The molecular formula is C14H16ClNO3S. The van der Waals surface area contributed by atoms with Crippen LogP contribution in [0.2, 0.25) is 5.02 Å². The monoisotopic (exact) mass is 313 g/mol. The molecular weight excluding hydrogens is 298 g/mol. The number of carbonyl (C=O) groups excluding carboxylic acids is 1. The largest absolute Gasteiger partial charge is 0.480 e. The summed E-state index contributed by atoms with van der Waals surface area (Å²) in [6.45, 7) is 0.465. The molecule has 2 atom stereocenters. The average molecular weight is 314 g/mol. The molecule has 0 radical (unpaired) electrons. The SMILES string of the molecule is O=C(O)C(Cc1ccc(Cl)cc1)N1CC(CS)CC1=O. The Balaban J connectivity index is 2.13. The second kappa shape index (κ2) is 6.50. The summed E-state index contributed by atoms with van der Waals surface area (Å²) < 4.78 is 0. The van der Waals surface area contributed by atoms with E-state index >= 15 is 0 Å². The number of likely N-dealkylation sites (tertiary alicyclic amines) is 1. The first-order valence-electron chi connectivity index (χ1n) is 6.39. The van der Waals surface area contributed by atoms with E-state index in [-0.39, 0.29) is 18.2 Å². The molecule has 1 N–H and O–H groups in total. The van der Waals surface area contributed by atoms with Gasteiger partial charge in [0.05, 0.1) is 0 Å². The second-order valence-corrected chi connectivity index (χ2v) is 5.79. The van der Waals surface area contributed by atoms with Crippen LogP contribution in [0.4, 0.5) is 0 Å². The van der Waals surface area contributed by atoms with Crippen molar-refractivity contribution in [2.24, 2.45) is 5.92 Å². The lowest BCUT2D eigenvalue weighted by molar-refractivity contribution is -0.148. The van der Waals surface area contributed by atoms with Gasteiger partial charge in [-0.15, -0.1) is 0 Å². The number of carboxylic acids is 1. The van der Waals surface area contributed by atoms with Crippen LogP contribution in [0.15, 0.2) is 24.3 Å². The van der Waals surface area contributed by atoms with Gasteiger partial charge in [-0.25, -0.2) is 4.79 Å². The number of carboxylic acid groups (broad SMARTS) is 1. The number of halogens is 1. The predicted octanol–water partition coefficient (Wildman–Crippen LogP) is 2.11. The van der Waals surface area contributed by atoms with Gasteiger partial charge >= 0.3 is 5.97 Å². The van der Waals surface area contributed by atoms with Crippen molar-refractivity contribution >= 4 is 36.1 Å². The van der Waals surface area contributed by atoms with E-state index in [9.17, 15) is 14.7 Å². The third kappa shape index (κ3) is 3.46. The van der Waals surface area contributed by atoms with E-state index in [1.807, 2.05) is 0 Å². The van der Waals surface area contributed by atoms with E-state index in [4.69, 9.17) is 11.6 Å². The van der Waals surface area contributed by atoms with E-state index in [0.717, 1.165) is 5.56 Å². The van der Waals surface area contributed by atoms with E-state index in [1.165, 1.54) is 4.90 Å². The van der Waals surface area contributed by atoms with Crippen molar-refractivity contribution in [1.82, 2.24) is 4.90 Å². The smallest absolute Gasteiger partial charge is 0.326 e. The van der Waals surface area contributed by atoms with Crippen LogP contribution in [0, 0.1) is 5.92 Å². The summed E-state index contributed by atoms with van der Waals surface area (Å²) in [4.78, 5) is 24.9. The van der Waals surface area contributed by atoms with Crippen LogP contribution in [0.1, 0.15) is 12.0 Å². The maximum atomic E-state index is 11.9. The van der Waals surface area contributed by atoms with E-state index in [2.05, 4.69) is 12.6 Å². The molecule has 0 spiro atoms. The van der Waals surface area contributed by atoms with Crippen molar-refractivity contribution in [2.75, 3.05) is 12.3 Å². The molecule has 4 nitrogen and oxygen atoms in total. The lowest BCUT2D eigenvalue weighted by Crippen LogP contribution is -2.43. The highest BCUT2D eigenvalue weighted by molar-refractivity contribution is 7.80. The normalized spacial score (nSPS) is 20.2. The lowest BCUT2D eigenvalue weighted by atomic mass is 10.0. The molecule has 1 saturated heterocycles. The molecule has 20 heavy (non-hydrogen) atoms. The highest BCUT2D eigenvalue weighted by atomic mass is 35.5. The number of hydrogen-bond donors (Lipinski definition) is 2. The molecule has 0 aromatic heterocycles. The fourth-order valence-corrected chi connectivity index (χ4v) is 2.78. The summed E-state index contributed by atoms with van der Waals surface area (Å²) in [6, 6.07) is 6.19. The molecule has 0 bridgehead atoms. The van der Waals surface area contributed by atoms with Gasteiger partial charge in [-0.3, -0.25) is 4.79 Å². The van der Waals surface area contributed by atoms with Crippen molar-refractivity contribution < 1.29 is 14.7 Å². The molecule has 108 valence electrons. The molecule has 1 heterocycles. The minimum absolute atomic E-state index is 0.106. The predicted molar refractivity (Wildman–Crippen MR) is 80.3 cm³/mol. The van der Waals surface area contributed by atoms with Crippen molar-refractivity contribution in [2.45, 2.75) is 18.9 Å². The van der Waals surface area contributed by atoms with Gasteiger partial charge in [0.1, 0.15) is 6.04 Å². The molecule has 1 aromatic carbocycles.